The van der Waals surface area contributed by atoms with Gasteiger partial charge in [0.1, 0.15) is 5.75 Å². The summed E-state index contributed by atoms with van der Waals surface area (Å²) in [5.74, 6) is 0.501. The molecule has 0 aliphatic carbocycles. The van der Waals surface area contributed by atoms with Gasteiger partial charge in [-0.15, -0.1) is 0 Å². The average molecular weight is 400 g/mol. The highest BCUT2D eigenvalue weighted by Crippen LogP contribution is 2.32. The normalized spacial score (nSPS) is 10.1. The SMILES string of the molecule is COc1cc([N+](=O)[O-])ccc1-c1cc[n+](C(C)C)cc1.[I-]. The summed E-state index contributed by atoms with van der Waals surface area (Å²) in [6, 6.07) is 8.99. The smallest absolute Gasteiger partial charge is 0.273 e. The second kappa shape index (κ2) is 7.35. The minimum Gasteiger partial charge on any atom is -1.00 e. The fourth-order valence-electron chi connectivity index (χ4n) is 1.99. The number of nitrogens with zero attached hydrogens (tertiary/aromatic N) is 2. The molecule has 6 heteroatoms. The molecule has 0 radical (unpaired) electrons. The summed E-state index contributed by atoms with van der Waals surface area (Å²) in [7, 11) is 1.51. The first-order valence-electron chi connectivity index (χ1n) is 6.36. The number of hydrogen-bond acceptors (Lipinski definition) is 3. The predicted octanol–water partition coefficient (Wildman–Crippen LogP) is 0.143. The molecule has 0 aliphatic heterocycles. The van der Waals surface area contributed by atoms with E-state index >= 15 is 0 Å². The molecule has 1 aromatic heterocycles. The second-order valence-corrected chi connectivity index (χ2v) is 4.77. The highest BCUT2D eigenvalue weighted by molar-refractivity contribution is 5.71. The van der Waals surface area contributed by atoms with E-state index in [0.717, 1.165) is 11.1 Å². The molecule has 0 amide bonds. The molecule has 0 saturated carbocycles. The average Bonchev–Trinajstić information content (AvgIpc) is 2.46. The molecular formula is C15H17IN2O3. The maximum Gasteiger partial charge on any atom is 0.273 e. The largest absolute Gasteiger partial charge is 1.00 e. The van der Waals surface area contributed by atoms with Gasteiger partial charge in [-0.25, -0.2) is 4.57 Å². The molecule has 5 nitrogen and oxygen atoms in total. The summed E-state index contributed by atoms with van der Waals surface area (Å²) >= 11 is 0. The third-order valence-electron chi connectivity index (χ3n) is 3.16. The maximum absolute atomic E-state index is 10.8. The van der Waals surface area contributed by atoms with Gasteiger partial charge < -0.3 is 28.7 Å². The van der Waals surface area contributed by atoms with E-state index in [9.17, 15) is 10.1 Å². The fourth-order valence-corrected chi connectivity index (χ4v) is 1.99. The number of hydrogen-bond donors (Lipinski definition) is 0. The van der Waals surface area contributed by atoms with Crippen LogP contribution < -0.4 is 33.3 Å². The highest BCUT2D eigenvalue weighted by atomic mass is 127. The van der Waals surface area contributed by atoms with Crippen molar-refractivity contribution in [1.29, 1.82) is 0 Å². The lowest BCUT2D eigenvalue weighted by molar-refractivity contribution is -0.716. The van der Waals surface area contributed by atoms with Crippen LogP contribution in [0.1, 0.15) is 19.9 Å². The van der Waals surface area contributed by atoms with Gasteiger partial charge in [-0.1, -0.05) is 0 Å². The van der Waals surface area contributed by atoms with Gasteiger partial charge >= 0.3 is 0 Å². The Balaban J connectivity index is 0.00000220. The molecule has 0 bridgehead atoms. The van der Waals surface area contributed by atoms with Gasteiger partial charge in [0.2, 0.25) is 0 Å². The summed E-state index contributed by atoms with van der Waals surface area (Å²) in [6.45, 7) is 4.21. The van der Waals surface area contributed by atoms with Crippen molar-refractivity contribution in [3.05, 3.63) is 52.8 Å². The van der Waals surface area contributed by atoms with Crippen LogP contribution in [0.5, 0.6) is 5.75 Å². The molecular weight excluding hydrogens is 383 g/mol. The Kier molecular flexibility index (Phi) is 6.07. The lowest BCUT2D eigenvalue weighted by atomic mass is 10.1. The van der Waals surface area contributed by atoms with Gasteiger partial charge in [-0.3, -0.25) is 10.1 Å². The highest BCUT2D eigenvalue weighted by Gasteiger charge is 2.14. The zero-order chi connectivity index (χ0) is 14.7. The predicted molar refractivity (Wildman–Crippen MR) is 75.7 cm³/mol. The topological polar surface area (TPSA) is 56.3 Å². The van der Waals surface area contributed by atoms with E-state index in [4.69, 9.17) is 4.74 Å². The molecule has 21 heavy (non-hydrogen) atoms. The zero-order valence-electron chi connectivity index (χ0n) is 12.1. The molecule has 0 fully saturated rings. The van der Waals surface area contributed by atoms with Crippen LogP contribution in [0, 0.1) is 10.1 Å². The van der Waals surface area contributed by atoms with Gasteiger partial charge in [0, 0.05) is 23.8 Å². The lowest BCUT2D eigenvalue weighted by Crippen LogP contribution is -3.00. The molecule has 2 rings (SSSR count). The van der Waals surface area contributed by atoms with Crippen LogP contribution in [0.4, 0.5) is 5.69 Å². The number of nitro groups is 1. The van der Waals surface area contributed by atoms with Gasteiger partial charge in [0.15, 0.2) is 18.4 Å². The molecule has 1 aromatic carbocycles. The number of benzene rings is 1. The van der Waals surface area contributed by atoms with E-state index in [1.54, 1.807) is 6.07 Å². The first-order valence-corrected chi connectivity index (χ1v) is 6.36. The van der Waals surface area contributed by atoms with Crippen molar-refractivity contribution >= 4 is 5.69 Å². The van der Waals surface area contributed by atoms with Crippen LogP contribution in [0.2, 0.25) is 0 Å². The summed E-state index contributed by atoms with van der Waals surface area (Å²) < 4.78 is 7.34. The monoisotopic (exact) mass is 400 g/mol. The van der Waals surface area contributed by atoms with Crippen LogP contribution in [-0.4, -0.2) is 12.0 Å². The van der Waals surface area contributed by atoms with Gasteiger partial charge in [0.05, 0.1) is 18.1 Å². The number of nitro benzene ring substituents is 1. The second-order valence-electron chi connectivity index (χ2n) is 4.77. The minimum atomic E-state index is -0.427. The molecule has 1 heterocycles. The van der Waals surface area contributed by atoms with E-state index in [0.29, 0.717) is 11.8 Å². The van der Waals surface area contributed by atoms with E-state index in [1.807, 2.05) is 24.5 Å². The third kappa shape index (κ3) is 3.90. The Morgan fingerprint density at radius 2 is 1.81 bits per heavy atom. The quantitative estimate of drug-likeness (QED) is 0.318. The van der Waals surface area contributed by atoms with Crippen molar-refractivity contribution < 1.29 is 38.2 Å². The lowest BCUT2D eigenvalue weighted by Gasteiger charge is -2.08. The number of aromatic nitrogens is 1. The zero-order valence-corrected chi connectivity index (χ0v) is 14.3. The number of ether oxygens (including phenoxy) is 1. The van der Waals surface area contributed by atoms with Gasteiger partial charge in [-0.05, 0) is 25.5 Å². The molecule has 0 N–H and O–H groups in total. The van der Waals surface area contributed by atoms with Crippen LogP contribution in [0.25, 0.3) is 11.1 Å². The van der Waals surface area contributed by atoms with E-state index in [-0.39, 0.29) is 29.7 Å². The van der Waals surface area contributed by atoms with Gasteiger partial charge in [0.25, 0.3) is 5.69 Å². The Bertz CT molecular complexity index is 627. The van der Waals surface area contributed by atoms with Crippen molar-refractivity contribution in [3.63, 3.8) is 0 Å². The molecule has 0 spiro atoms. The number of methoxy groups -OCH3 is 1. The van der Waals surface area contributed by atoms with E-state index < -0.39 is 4.92 Å². The van der Waals surface area contributed by atoms with Crippen LogP contribution >= 0.6 is 0 Å². The van der Waals surface area contributed by atoms with E-state index in [1.165, 1.54) is 19.2 Å². The molecule has 0 atom stereocenters. The number of pyridine rings is 1. The van der Waals surface area contributed by atoms with Crippen molar-refractivity contribution in [2.45, 2.75) is 19.9 Å². The molecule has 112 valence electrons. The van der Waals surface area contributed by atoms with Gasteiger partial charge in [-0.2, -0.15) is 0 Å². The van der Waals surface area contributed by atoms with Crippen LogP contribution in [0.15, 0.2) is 42.7 Å². The molecule has 2 aromatic rings. The van der Waals surface area contributed by atoms with Crippen molar-refractivity contribution in [1.82, 2.24) is 0 Å². The Morgan fingerprint density at radius 3 is 2.29 bits per heavy atom. The summed E-state index contributed by atoms with van der Waals surface area (Å²) in [5, 5.41) is 10.8. The molecule has 0 saturated heterocycles. The number of non-ortho nitro benzene ring substituents is 1. The number of rotatable bonds is 4. The van der Waals surface area contributed by atoms with Crippen LogP contribution in [0.3, 0.4) is 0 Å². The summed E-state index contributed by atoms with van der Waals surface area (Å²) in [5.41, 5.74) is 1.83. The van der Waals surface area contributed by atoms with Crippen molar-refractivity contribution in [3.8, 4) is 16.9 Å². The summed E-state index contributed by atoms with van der Waals surface area (Å²) in [4.78, 5) is 10.4. The first kappa shape index (κ1) is 17.4. The standard InChI is InChI=1S/C15H17N2O3.HI/c1-11(2)16-8-6-12(7-9-16)14-5-4-13(17(18)19)10-15(14)20-3;/h4-11H,1-3H3;1H/q+1;/p-1. The summed E-state index contributed by atoms with van der Waals surface area (Å²) in [6.07, 6.45) is 3.97. The Morgan fingerprint density at radius 1 is 1.19 bits per heavy atom. The third-order valence-corrected chi connectivity index (χ3v) is 3.16. The minimum absolute atomic E-state index is 0. The molecule has 0 unspecified atom stereocenters. The Labute approximate surface area is 140 Å². The number of halogens is 1. The van der Waals surface area contributed by atoms with Crippen LogP contribution in [-0.2, 0) is 0 Å². The van der Waals surface area contributed by atoms with E-state index in [2.05, 4.69) is 18.4 Å². The Hall–Kier alpha value is -1.70. The molecule has 0 aliphatic rings. The maximum atomic E-state index is 10.8. The van der Waals surface area contributed by atoms with Crippen molar-refractivity contribution in [2.75, 3.05) is 7.11 Å². The first-order chi connectivity index (χ1) is 9.52. The van der Waals surface area contributed by atoms with Crippen molar-refractivity contribution in [2.24, 2.45) is 0 Å². The fraction of sp³-hybridized carbons (Fsp3) is 0.267.